The summed E-state index contributed by atoms with van der Waals surface area (Å²) in [7, 11) is 3.07. The molecule has 0 aliphatic carbocycles. The van der Waals surface area contributed by atoms with Gasteiger partial charge in [-0.25, -0.2) is 0 Å². The lowest BCUT2D eigenvalue weighted by molar-refractivity contribution is 0.358. The smallest absolute Gasteiger partial charge is 0.187 e. The average molecular weight is 356 g/mol. The lowest BCUT2D eigenvalue weighted by Gasteiger charge is -2.15. The van der Waals surface area contributed by atoms with Gasteiger partial charge in [0.25, 0.3) is 0 Å². The fourth-order valence-corrected chi connectivity index (χ4v) is 2.76. The van der Waals surface area contributed by atoms with Crippen LogP contribution in [0, 0.1) is 11.3 Å². The molecule has 1 aromatic heterocycles. The van der Waals surface area contributed by atoms with Crippen LogP contribution in [0.15, 0.2) is 36.5 Å². The second kappa shape index (κ2) is 6.75. The fraction of sp³-hybridized carbons (Fsp3) is 0.111. The van der Waals surface area contributed by atoms with Crippen molar-refractivity contribution in [1.29, 1.82) is 5.26 Å². The molecule has 0 radical (unpaired) electrons. The minimum Gasteiger partial charge on any atom is -0.508 e. The number of hydrogen-bond donors (Lipinski definition) is 2. The van der Waals surface area contributed by atoms with Crippen LogP contribution in [0.1, 0.15) is 5.56 Å². The van der Waals surface area contributed by atoms with Gasteiger partial charge in [-0.2, -0.15) is 5.26 Å². The molecular formula is C18H14ClN3O3. The number of methoxy groups -OCH3 is 2. The summed E-state index contributed by atoms with van der Waals surface area (Å²) in [6, 6.07) is 10.2. The van der Waals surface area contributed by atoms with Crippen LogP contribution in [-0.2, 0) is 0 Å². The van der Waals surface area contributed by atoms with E-state index in [1.54, 1.807) is 25.3 Å². The van der Waals surface area contributed by atoms with E-state index in [-0.39, 0.29) is 5.75 Å². The third kappa shape index (κ3) is 2.97. The number of fused-ring (bicyclic) bond motifs is 1. The number of ether oxygens (including phenoxy) is 2. The molecule has 0 fully saturated rings. The summed E-state index contributed by atoms with van der Waals surface area (Å²) in [4.78, 5) is 4.33. The number of hydrogen-bond acceptors (Lipinski definition) is 6. The molecule has 0 spiro atoms. The molecule has 0 saturated heterocycles. The highest BCUT2D eigenvalue weighted by Gasteiger charge is 2.16. The van der Waals surface area contributed by atoms with Crippen LogP contribution in [0.4, 0.5) is 11.4 Å². The van der Waals surface area contributed by atoms with Crippen LogP contribution in [0.2, 0.25) is 5.02 Å². The normalized spacial score (nSPS) is 10.3. The van der Waals surface area contributed by atoms with Gasteiger partial charge in [-0.3, -0.25) is 4.98 Å². The van der Waals surface area contributed by atoms with Crippen molar-refractivity contribution in [2.45, 2.75) is 0 Å². The van der Waals surface area contributed by atoms with E-state index in [1.807, 2.05) is 0 Å². The van der Waals surface area contributed by atoms with Crippen LogP contribution in [0.5, 0.6) is 17.2 Å². The van der Waals surface area contributed by atoms with Gasteiger partial charge in [0.15, 0.2) is 11.5 Å². The summed E-state index contributed by atoms with van der Waals surface area (Å²) in [5.41, 5.74) is 2.00. The molecule has 7 heteroatoms. The predicted octanol–water partition coefficient (Wildman–Crippen LogP) is 4.23. The van der Waals surface area contributed by atoms with E-state index in [1.165, 1.54) is 25.4 Å². The maximum atomic E-state index is 9.50. The van der Waals surface area contributed by atoms with E-state index in [9.17, 15) is 10.4 Å². The number of halogens is 1. The Morgan fingerprint density at radius 2 is 2.00 bits per heavy atom. The quantitative estimate of drug-likeness (QED) is 0.681. The Kier molecular flexibility index (Phi) is 4.50. The monoisotopic (exact) mass is 355 g/mol. The van der Waals surface area contributed by atoms with Crippen molar-refractivity contribution in [3.05, 3.63) is 47.1 Å². The molecule has 3 rings (SSSR count). The van der Waals surface area contributed by atoms with Crippen molar-refractivity contribution in [2.75, 3.05) is 19.5 Å². The van der Waals surface area contributed by atoms with E-state index >= 15 is 0 Å². The Labute approximate surface area is 149 Å². The van der Waals surface area contributed by atoms with Gasteiger partial charge in [-0.15, -0.1) is 0 Å². The van der Waals surface area contributed by atoms with E-state index in [0.29, 0.717) is 44.4 Å². The van der Waals surface area contributed by atoms with Crippen molar-refractivity contribution >= 4 is 33.9 Å². The highest BCUT2D eigenvalue weighted by atomic mass is 35.5. The first kappa shape index (κ1) is 16.7. The van der Waals surface area contributed by atoms with Gasteiger partial charge in [0.05, 0.1) is 36.2 Å². The van der Waals surface area contributed by atoms with Crippen LogP contribution >= 0.6 is 11.6 Å². The SMILES string of the molecule is COc1ccc2c(Nc3ccc(O)cc3Cl)c(C#N)cnc2c1OC. The largest absolute Gasteiger partial charge is 0.508 e. The van der Waals surface area contributed by atoms with Gasteiger partial charge in [0.2, 0.25) is 0 Å². The third-order valence-corrected chi connectivity index (χ3v) is 4.03. The number of rotatable bonds is 4. The second-order valence-electron chi connectivity index (χ2n) is 5.15. The zero-order chi connectivity index (χ0) is 18.0. The minimum absolute atomic E-state index is 0.0575. The summed E-state index contributed by atoms with van der Waals surface area (Å²) >= 11 is 6.17. The Hall–Kier alpha value is -3.17. The number of aromatic nitrogens is 1. The Balaban J connectivity index is 2.23. The number of aromatic hydroxyl groups is 1. The van der Waals surface area contributed by atoms with Crippen LogP contribution in [0.25, 0.3) is 10.9 Å². The Morgan fingerprint density at radius 1 is 1.20 bits per heavy atom. The maximum Gasteiger partial charge on any atom is 0.187 e. The molecule has 0 saturated carbocycles. The highest BCUT2D eigenvalue weighted by molar-refractivity contribution is 6.33. The Bertz CT molecular complexity index is 999. The molecule has 3 aromatic rings. The molecule has 0 amide bonds. The van der Waals surface area contributed by atoms with Gasteiger partial charge in [-0.05, 0) is 24.3 Å². The molecule has 126 valence electrons. The number of nitrogens with one attached hydrogen (secondary N) is 1. The van der Waals surface area contributed by atoms with Gasteiger partial charge in [-0.1, -0.05) is 11.6 Å². The molecule has 0 bridgehead atoms. The maximum absolute atomic E-state index is 9.50. The number of phenolic OH excluding ortho intramolecular Hbond substituents is 1. The summed E-state index contributed by atoms with van der Waals surface area (Å²) in [5, 5.41) is 23.1. The van der Waals surface area contributed by atoms with Gasteiger partial charge in [0, 0.05) is 17.6 Å². The molecular weight excluding hydrogens is 342 g/mol. The zero-order valence-electron chi connectivity index (χ0n) is 13.5. The van der Waals surface area contributed by atoms with Crippen LogP contribution in [0.3, 0.4) is 0 Å². The zero-order valence-corrected chi connectivity index (χ0v) is 14.3. The fourth-order valence-electron chi connectivity index (χ4n) is 2.54. The molecule has 0 unspecified atom stereocenters. The minimum atomic E-state index is 0.0575. The van der Waals surface area contributed by atoms with Crippen molar-refractivity contribution in [1.82, 2.24) is 4.98 Å². The summed E-state index contributed by atoms with van der Waals surface area (Å²) in [6.07, 6.45) is 1.46. The van der Waals surface area contributed by atoms with Crippen molar-refractivity contribution in [2.24, 2.45) is 0 Å². The number of benzene rings is 2. The number of nitrogens with zero attached hydrogens (tertiary/aromatic N) is 2. The first-order valence-corrected chi connectivity index (χ1v) is 7.66. The summed E-state index contributed by atoms with van der Waals surface area (Å²) in [6.45, 7) is 0. The predicted molar refractivity (Wildman–Crippen MR) is 96.0 cm³/mol. The van der Waals surface area contributed by atoms with E-state index in [0.717, 1.165) is 0 Å². The lowest BCUT2D eigenvalue weighted by atomic mass is 10.1. The van der Waals surface area contributed by atoms with Crippen molar-refractivity contribution in [3.63, 3.8) is 0 Å². The number of phenols is 1. The standard InChI is InChI=1S/C18H14ClN3O3/c1-24-15-6-4-12-16(22-14-5-3-11(23)7-13(14)19)10(8-20)9-21-17(12)18(15)25-2/h3-7,9,23H,1-2H3,(H,21,22). The van der Waals surface area contributed by atoms with Crippen LogP contribution in [-0.4, -0.2) is 24.3 Å². The van der Waals surface area contributed by atoms with Crippen molar-refractivity contribution < 1.29 is 14.6 Å². The van der Waals surface area contributed by atoms with Gasteiger partial charge in [0.1, 0.15) is 17.3 Å². The molecule has 0 aliphatic heterocycles. The summed E-state index contributed by atoms with van der Waals surface area (Å²) < 4.78 is 10.7. The topological polar surface area (TPSA) is 87.4 Å². The second-order valence-corrected chi connectivity index (χ2v) is 5.55. The molecule has 0 atom stereocenters. The van der Waals surface area contributed by atoms with E-state index in [2.05, 4.69) is 16.4 Å². The summed E-state index contributed by atoms with van der Waals surface area (Å²) in [5.74, 6) is 1.08. The highest BCUT2D eigenvalue weighted by Crippen LogP contribution is 2.39. The van der Waals surface area contributed by atoms with Gasteiger partial charge < -0.3 is 19.9 Å². The van der Waals surface area contributed by atoms with E-state index < -0.39 is 0 Å². The molecule has 2 aromatic carbocycles. The van der Waals surface area contributed by atoms with Crippen molar-refractivity contribution in [3.8, 4) is 23.3 Å². The molecule has 1 heterocycles. The molecule has 0 aliphatic rings. The molecule has 25 heavy (non-hydrogen) atoms. The third-order valence-electron chi connectivity index (χ3n) is 3.71. The first-order valence-electron chi connectivity index (χ1n) is 7.28. The van der Waals surface area contributed by atoms with E-state index in [4.69, 9.17) is 21.1 Å². The number of anilines is 2. The van der Waals surface area contributed by atoms with Gasteiger partial charge >= 0.3 is 0 Å². The number of pyridine rings is 1. The first-order chi connectivity index (χ1) is 12.1. The van der Waals surface area contributed by atoms with Crippen LogP contribution < -0.4 is 14.8 Å². The average Bonchev–Trinajstić information content (AvgIpc) is 2.62. The number of nitriles is 1. The molecule has 6 nitrogen and oxygen atoms in total. The lowest BCUT2D eigenvalue weighted by Crippen LogP contribution is -1.99. The Morgan fingerprint density at radius 3 is 2.64 bits per heavy atom. The molecule has 2 N–H and O–H groups in total.